The molecule has 0 bridgehead atoms. The van der Waals surface area contributed by atoms with Gasteiger partial charge in [0.2, 0.25) is 6.79 Å². The molecule has 1 amide bonds. The predicted molar refractivity (Wildman–Crippen MR) is 102 cm³/mol. The normalized spacial score (nSPS) is 13.2. The summed E-state index contributed by atoms with van der Waals surface area (Å²) in [6.07, 6.45) is 1.79. The number of rotatable bonds is 6. The maximum Gasteiger partial charge on any atom is 0.331 e. The van der Waals surface area contributed by atoms with E-state index in [2.05, 4.69) is 5.32 Å². The minimum Gasteiger partial charge on any atom is -0.454 e. The molecule has 3 rings (SSSR count). The number of hydrogen-bond donors (Lipinski definition) is 1. The summed E-state index contributed by atoms with van der Waals surface area (Å²) in [4.78, 5) is 35.6. The molecule has 1 aliphatic rings. The van der Waals surface area contributed by atoms with Gasteiger partial charge in [0.05, 0.1) is 0 Å². The first kappa shape index (κ1) is 19.2. The topological polar surface area (TPSA) is 90.9 Å². The molecule has 0 radical (unpaired) electrons. The van der Waals surface area contributed by atoms with Crippen LogP contribution in [0, 0.1) is 0 Å². The summed E-state index contributed by atoms with van der Waals surface area (Å²) in [5, 5.41) is 2.62. The molecule has 1 heterocycles. The number of ketones is 1. The molecule has 7 nitrogen and oxygen atoms in total. The van der Waals surface area contributed by atoms with Gasteiger partial charge in [-0.2, -0.15) is 0 Å². The fourth-order valence-corrected chi connectivity index (χ4v) is 2.51. The fraction of sp³-hybridized carbons (Fsp3) is 0.190. The second-order valence-corrected chi connectivity index (χ2v) is 6.15. The third-order valence-corrected chi connectivity index (χ3v) is 4.01. The minimum atomic E-state index is -1.00. The van der Waals surface area contributed by atoms with Gasteiger partial charge in [-0.05, 0) is 49.8 Å². The first-order valence-corrected chi connectivity index (χ1v) is 8.62. The molecule has 1 atom stereocenters. The van der Waals surface area contributed by atoms with E-state index in [9.17, 15) is 14.4 Å². The van der Waals surface area contributed by atoms with E-state index >= 15 is 0 Å². The number of carbonyl (C=O) groups excluding carboxylic acids is 3. The van der Waals surface area contributed by atoms with Crippen molar-refractivity contribution in [3.63, 3.8) is 0 Å². The van der Waals surface area contributed by atoms with E-state index in [1.165, 1.54) is 19.9 Å². The van der Waals surface area contributed by atoms with E-state index in [0.29, 0.717) is 22.7 Å². The van der Waals surface area contributed by atoms with Gasteiger partial charge in [-0.25, -0.2) is 4.79 Å². The van der Waals surface area contributed by atoms with Crippen molar-refractivity contribution in [2.75, 3.05) is 12.1 Å². The Bertz CT molecular complexity index is 950. The van der Waals surface area contributed by atoms with Crippen LogP contribution in [0.4, 0.5) is 5.69 Å². The number of benzene rings is 2. The zero-order valence-electron chi connectivity index (χ0n) is 15.4. The second kappa shape index (κ2) is 8.39. The zero-order chi connectivity index (χ0) is 20.1. The van der Waals surface area contributed by atoms with Gasteiger partial charge in [0.1, 0.15) is 0 Å². The molecular weight excluding hydrogens is 362 g/mol. The summed E-state index contributed by atoms with van der Waals surface area (Å²) in [7, 11) is 0. The highest BCUT2D eigenvalue weighted by Gasteiger charge is 2.17. The highest BCUT2D eigenvalue weighted by molar-refractivity contribution is 5.99. The fourth-order valence-electron chi connectivity index (χ4n) is 2.51. The molecule has 2 aromatic rings. The van der Waals surface area contributed by atoms with Gasteiger partial charge in [-0.1, -0.05) is 18.2 Å². The molecule has 0 aromatic heterocycles. The van der Waals surface area contributed by atoms with E-state index in [1.54, 1.807) is 48.5 Å². The monoisotopic (exact) mass is 381 g/mol. The van der Waals surface area contributed by atoms with Gasteiger partial charge in [-0.15, -0.1) is 0 Å². The quantitative estimate of drug-likeness (QED) is 0.469. The lowest BCUT2D eigenvalue weighted by Crippen LogP contribution is -2.29. The Kier molecular flexibility index (Phi) is 5.74. The van der Waals surface area contributed by atoms with Crippen molar-refractivity contribution in [2.24, 2.45) is 0 Å². The molecule has 0 unspecified atom stereocenters. The van der Waals surface area contributed by atoms with E-state index in [-0.39, 0.29) is 12.6 Å². The number of nitrogens with one attached hydrogen (secondary N) is 1. The lowest BCUT2D eigenvalue weighted by atomic mass is 10.1. The Hall–Kier alpha value is -3.61. The maximum absolute atomic E-state index is 12.2. The third kappa shape index (κ3) is 4.76. The van der Waals surface area contributed by atoms with Crippen LogP contribution < -0.4 is 14.8 Å². The van der Waals surface area contributed by atoms with Crippen molar-refractivity contribution in [1.82, 2.24) is 0 Å². The molecule has 0 spiro atoms. The number of esters is 1. The van der Waals surface area contributed by atoms with E-state index in [1.807, 2.05) is 0 Å². The Morgan fingerprint density at radius 2 is 1.89 bits per heavy atom. The smallest absolute Gasteiger partial charge is 0.331 e. The highest BCUT2D eigenvalue weighted by atomic mass is 16.7. The molecule has 144 valence electrons. The van der Waals surface area contributed by atoms with Crippen molar-refractivity contribution in [3.05, 3.63) is 59.7 Å². The van der Waals surface area contributed by atoms with Crippen LogP contribution in [0.25, 0.3) is 6.08 Å². The summed E-state index contributed by atoms with van der Waals surface area (Å²) in [6.45, 7) is 3.08. The van der Waals surface area contributed by atoms with Crippen LogP contribution in [-0.4, -0.2) is 30.6 Å². The number of ether oxygens (including phenoxy) is 3. The number of hydrogen-bond acceptors (Lipinski definition) is 6. The summed E-state index contributed by atoms with van der Waals surface area (Å²) in [5.41, 5.74) is 1.67. The van der Waals surface area contributed by atoms with Crippen LogP contribution in [0.2, 0.25) is 0 Å². The van der Waals surface area contributed by atoms with Crippen LogP contribution in [0.15, 0.2) is 48.5 Å². The lowest BCUT2D eigenvalue weighted by molar-refractivity contribution is -0.148. The van der Waals surface area contributed by atoms with E-state index in [4.69, 9.17) is 14.2 Å². The van der Waals surface area contributed by atoms with Gasteiger partial charge in [0.15, 0.2) is 23.4 Å². The number of carbonyl (C=O) groups is 3. The molecule has 0 aliphatic carbocycles. The summed E-state index contributed by atoms with van der Waals surface area (Å²) >= 11 is 0. The zero-order valence-corrected chi connectivity index (χ0v) is 15.4. The first-order chi connectivity index (χ1) is 13.4. The summed E-state index contributed by atoms with van der Waals surface area (Å²) in [6, 6.07) is 11.8. The van der Waals surface area contributed by atoms with Crippen LogP contribution >= 0.6 is 0 Å². The van der Waals surface area contributed by atoms with Gasteiger partial charge in [0.25, 0.3) is 5.91 Å². The van der Waals surface area contributed by atoms with Gasteiger partial charge in [-0.3, -0.25) is 9.59 Å². The Morgan fingerprint density at radius 1 is 1.11 bits per heavy atom. The summed E-state index contributed by atoms with van der Waals surface area (Å²) in [5.74, 6) is 0.00230. The second-order valence-electron chi connectivity index (χ2n) is 6.15. The number of anilines is 1. The number of amides is 1. The third-order valence-electron chi connectivity index (χ3n) is 4.01. The SMILES string of the molecule is CC(=O)c1cccc(NC(=O)[C@H](C)OC(=O)/C=C/c2ccc3c(c2)OCO3)c1. The molecule has 0 saturated heterocycles. The molecular formula is C21H19NO6. The Balaban J connectivity index is 1.55. The largest absolute Gasteiger partial charge is 0.454 e. The average Bonchev–Trinajstić information content (AvgIpc) is 3.14. The maximum atomic E-state index is 12.2. The molecule has 2 aromatic carbocycles. The van der Waals surface area contributed by atoms with Crippen LogP contribution in [-0.2, 0) is 14.3 Å². The highest BCUT2D eigenvalue weighted by Crippen LogP contribution is 2.32. The van der Waals surface area contributed by atoms with E-state index < -0.39 is 18.0 Å². The molecule has 28 heavy (non-hydrogen) atoms. The van der Waals surface area contributed by atoms with Gasteiger partial charge >= 0.3 is 5.97 Å². The molecule has 0 saturated carbocycles. The van der Waals surface area contributed by atoms with Crippen molar-refractivity contribution in [1.29, 1.82) is 0 Å². The number of Topliss-reactive ketones (excluding diaryl/α,β-unsaturated/α-hetero) is 1. The number of fused-ring (bicyclic) bond motifs is 1. The van der Waals surface area contributed by atoms with E-state index in [0.717, 1.165) is 5.56 Å². The van der Waals surface area contributed by atoms with Crippen molar-refractivity contribution < 1.29 is 28.6 Å². The van der Waals surface area contributed by atoms with Gasteiger partial charge < -0.3 is 19.5 Å². The first-order valence-electron chi connectivity index (χ1n) is 8.62. The summed E-state index contributed by atoms with van der Waals surface area (Å²) < 4.78 is 15.6. The van der Waals surface area contributed by atoms with Crippen LogP contribution in [0.1, 0.15) is 29.8 Å². The molecule has 7 heteroatoms. The molecule has 1 aliphatic heterocycles. The standard InChI is InChI=1S/C21H19NO6/c1-13(23)16-4-3-5-17(11-16)22-21(25)14(2)28-20(24)9-7-15-6-8-18-19(10-15)27-12-26-18/h3-11,14H,12H2,1-2H3,(H,22,25)/b9-7+/t14-/m0/s1. The van der Waals surface area contributed by atoms with Crippen molar-refractivity contribution in [3.8, 4) is 11.5 Å². The Morgan fingerprint density at radius 3 is 2.68 bits per heavy atom. The van der Waals surface area contributed by atoms with Crippen molar-refractivity contribution >= 4 is 29.4 Å². The minimum absolute atomic E-state index is 0.107. The Labute approximate surface area is 161 Å². The van der Waals surface area contributed by atoms with Crippen LogP contribution in [0.3, 0.4) is 0 Å². The van der Waals surface area contributed by atoms with Crippen molar-refractivity contribution in [2.45, 2.75) is 20.0 Å². The van der Waals surface area contributed by atoms with Crippen LogP contribution in [0.5, 0.6) is 11.5 Å². The molecule has 0 fully saturated rings. The lowest BCUT2D eigenvalue weighted by Gasteiger charge is -2.12. The molecule has 1 N–H and O–H groups in total. The predicted octanol–water partition coefficient (Wildman–Crippen LogP) is 3.20. The average molecular weight is 381 g/mol. The van der Waals surface area contributed by atoms with Gasteiger partial charge in [0, 0.05) is 17.3 Å².